The Morgan fingerprint density at radius 3 is 2.60 bits per heavy atom. The number of nitrogens with zero attached hydrogens (tertiary/aromatic N) is 1. The standard InChI is InChI=1S/C10H9NO3S/c1-8-4-2-3-5-10(8)14-9-6-11-15(12,13)7-9/h2-7H,1H3. The first kappa shape index (κ1) is 9.92. The maximum atomic E-state index is 11.0. The number of aryl methyl sites for hydroxylation is 1. The molecule has 0 unspecified atom stereocenters. The summed E-state index contributed by atoms with van der Waals surface area (Å²) in [4.78, 5) is 0. The van der Waals surface area contributed by atoms with E-state index in [0.717, 1.165) is 11.0 Å². The summed E-state index contributed by atoms with van der Waals surface area (Å²) in [6.07, 6.45) is 1.20. The first-order valence-electron chi connectivity index (χ1n) is 4.32. The third-order valence-corrected chi connectivity index (χ3v) is 2.84. The summed E-state index contributed by atoms with van der Waals surface area (Å²) >= 11 is 0. The second-order valence-corrected chi connectivity index (χ2v) is 4.61. The van der Waals surface area contributed by atoms with Crippen molar-refractivity contribution in [2.75, 3.05) is 0 Å². The van der Waals surface area contributed by atoms with Crippen LogP contribution in [0.1, 0.15) is 5.56 Å². The van der Waals surface area contributed by atoms with Crippen LogP contribution in [0.5, 0.6) is 5.75 Å². The van der Waals surface area contributed by atoms with Gasteiger partial charge in [-0.25, -0.2) is 0 Å². The normalized spacial score (nSPS) is 17.5. The first-order valence-corrected chi connectivity index (χ1v) is 5.83. The summed E-state index contributed by atoms with van der Waals surface area (Å²) in [5, 5.41) is 0.999. The summed E-state index contributed by atoms with van der Waals surface area (Å²) in [5.41, 5.74) is 0.941. The number of rotatable bonds is 2. The van der Waals surface area contributed by atoms with Gasteiger partial charge in [0.15, 0.2) is 5.76 Å². The van der Waals surface area contributed by atoms with E-state index in [4.69, 9.17) is 4.74 Å². The van der Waals surface area contributed by atoms with Gasteiger partial charge < -0.3 is 4.74 Å². The van der Waals surface area contributed by atoms with Crippen molar-refractivity contribution >= 4 is 16.2 Å². The maximum absolute atomic E-state index is 11.0. The highest BCUT2D eigenvalue weighted by Gasteiger charge is 2.14. The average molecular weight is 223 g/mol. The van der Waals surface area contributed by atoms with Crippen LogP contribution in [-0.4, -0.2) is 14.6 Å². The smallest absolute Gasteiger partial charge is 0.279 e. The van der Waals surface area contributed by atoms with E-state index in [2.05, 4.69) is 4.40 Å². The molecule has 5 heteroatoms. The van der Waals surface area contributed by atoms with Crippen LogP contribution in [0.4, 0.5) is 0 Å². The van der Waals surface area contributed by atoms with Crippen molar-refractivity contribution in [2.45, 2.75) is 6.92 Å². The molecule has 1 heterocycles. The molecule has 0 saturated carbocycles. The predicted molar refractivity (Wildman–Crippen MR) is 57.3 cm³/mol. The van der Waals surface area contributed by atoms with Gasteiger partial charge in [-0.1, -0.05) is 18.2 Å². The summed E-state index contributed by atoms with van der Waals surface area (Å²) in [5.74, 6) is 0.872. The van der Waals surface area contributed by atoms with Gasteiger partial charge in [-0.3, -0.25) is 0 Å². The molecule has 0 amide bonds. The Hall–Kier alpha value is -1.62. The number of ether oxygens (including phenoxy) is 1. The van der Waals surface area contributed by atoms with E-state index < -0.39 is 10.0 Å². The number of hydrogen-bond donors (Lipinski definition) is 0. The number of benzene rings is 1. The lowest BCUT2D eigenvalue weighted by molar-refractivity contribution is 0.455. The molecule has 1 aromatic carbocycles. The molecule has 2 rings (SSSR count). The minimum Gasteiger partial charge on any atom is -0.455 e. The fraction of sp³-hybridized carbons (Fsp3) is 0.100. The van der Waals surface area contributed by atoms with Crippen LogP contribution >= 0.6 is 0 Å². The van der Waals surface area contributed by atoms with Gasteiger partial charge in [0.25, 0.3) is 10.0 Å². The topological polar surface area (TPSA) is 55.7 Å². The highest BCUT2D eigenvalue weighted by atomic mass is 32.2. The number of para-hydroxylation sites is 1. The summed E-state index contributed by atoms with van der Waals surface area (Å²) in [6.45, 7) is 1.89. The van der Waals surface area contributed by atoms with E-state index in [1.54, 1.807) is 6.07 Å². The quantitative estimate of drug-likeness (QED) is 0.765. The second kappa shape index (κ2) is 3.51. The number of hydrogen-bond acceptors (Lipinski definition) is 3. The van der Waals surface area contributed by atoms with Crippen LogP contribution in [-0.2, 0) is 10.0 Å². The highest BCUT2D eigenvalue weighted by Crippen LogP contribution is 2.20. The molecule has 0 atom stereocenters. The molecule has 0 aromatic heterocycles. The van der Waals surface area contributed by atoms with Gasteiger partial charge in [-0.2, -0.15) is 12.8 Å². The van der Waals surface area contributed by atoms with Gasteiger partial charge >= 0.3 is 0 Å². The fourth-order valence-electron chi connectivity index (χ4n) is 1.18. The number of sulfonamides is 1. The molecule has 0 bridgehead atoms. The van der Waals surface area contributed by atoms with Crippen molar-refractivity contribution in [3.8, 4) is 5.75 Å². The summed E-state index contributed by atoms with van der Waals surface area (Å²) in [6, 6.07) is 7.37. The van der Waals surface area contributed by atoms with Gasteiger partial charge in [-0.15, -0.1) is 0 Å². The van der Waals surface area contributed by atoms with Crippen LogP contribution in [0.25, 0.3) is 0 Å². The third-order valence-electron chi connectivity index (χ3n) is 1.91. The number of allylic oxidation sites excluding steroid dienone is 1. The van der Waals surface area contributed by atoms with Crippen molar-refractivity contribution in [1.29, 1.82) is 0 Å². The molecular formula is C10H9NO3S. The monoisotopic (exact) mass is 223 g/mol. The lowest BCUT2D eigenvalue weighted by atomic mass is 10.2. The third kappa shape index (κ3) is 2.24. The van der Waals surface area contributed by atoms with Crippen LogP contribution in [0.3, 0.4) is 0 Å². The van der Waals surface area contributed by atoms with Gasteiger partial charge in [0.1, 0.15) is 5.75 Å². The van der Waals surface area contributed by atoms with E-state index in [1.807, 2.05) is 25.1 Å². The van der Waals surface area contributed by atoms with Crippen LogP contribution < -0.4 is 4.74 Å². The Morgan fingerprint density at radius 1 is 1.27 bits per heavy atom. The first-order chi connectivity index (χ1) is 7.07. The lowest BCUT2D eigenvalue weighted by Gasteiger charge is -2.05. The van der Waals surface area contributed by atoms with E-state index in [0.29, 0.717) is 5.75 Å². The van der Waals surface area contributed by atoms with E-state index in [1.165, 1.54) is 6.21 Å². The van der Waals surface area contributed by atoms with Crippen LogP contribution in [0.15, 0.2) is 39.8 Å². The summed E-state index contributed by atoms with van der Waals surface area (Å²) < 4.78 is 30.6. The molecule has 78 valence electrons. The van der Waals surface area contributed by atoms with Crippen molar-refractivity contribution in [3.63, 3.8) is 0 Å². The van der Waals surface area contributed by atoms with Gasteiger partial charge in [0, 0.05) is 0 Å². The van der Waals surface area contributed by atoms with Crippen LogP contribution in [0, 0.1) is 6.92 Å². The average Bonchev–Trinajstić information content (AvgIpc) is 2.50. The van der Waals surface area contributed by atoms with Gasteiger partial charge in [-0.05, 0) is 18.6 Å². The van der Waals surface area contributed by atoms with Crippen LogP contribution in [0.2, 0.25) is 0 Å². The van der Waals surface area contributed by atoms with Gasteiger partial charge in [0.05, 0.1) is 11.6 Å². The Balaban J connectivity index is 2.26. The second-order valence-electron chi connectivity index (χ2n) is 3.14. The lowest BCUT2D eigenvalue weighted by Crippen LogP contribution is -1.95. The molecule has 4 nitrogen and oxygen atoms in total. The van der Waals surface area contributed by atoms with Crippen molar-refractivity contribution < 1.29 is 13.2 Å². The Kier molecular flexibility index (Phi) is 2.32. The molecule has 0 spiro atoms. The molecular weight excluding hydrogens is 214 g/mol. The SMILES string of the molecule is Cc1ccccc1OC1=CS(=O)(=O)N=C1. The highest BCUT2D eigenvalue weighted by molar-refractivity contribution is 7.93. The summed E-state index contributed by atoms with van der Waals surface area (Å²) in [7, 11) is -3.45. The molecule has 15 heavy (non-hydrogen) atoms. The zero-order valence-electron chi connectivity index (χ0n) is 8.04. The minimum absolute atomic E-state index is 0.240. The zero-order chi connectivity index (χ0) is 10.9. The molecule has 0 saturated heterocycles. The predicted octanol–water partition coefficient (Wildman–Crippen LogP) is 1.63. The fourth-order valence-corrected chi connectivity index (χ4v) is 1.90. The van der Waals surface area contributed by atoms with Gasteiger partial charge in [0.2, 0.25) is 0 Å². The van der Waals surface area contributed by atoms with Crippen molar-refractivity contribution in [2.24, 2.45) is 4.40 Å². The Labute approximate surface area is 88.0 Å². The molecule has 1 aliphatic heterocycles. The Morgan fingerprint density at radius 2 is 2.00 bits per heavy atom. The Bertz CT molecular complexity index is 544. The van der Waals surface area contributed by atoms with Crippen molar-refractivity contribution in [3.05, 3.63) is 41.0 Å². The molecule has 1 aromatic rings. The molecule has 0 aliphatic carbocycles. The molecule has 0 radical (unpaired) electrons. The minimum atomic E-state index is -3.45. The van der Waals surface area contributed by atoms with E-state index in [-0.39, 0.29) is 5.76 Å². The molecule has 0 fully saturated rings. The largest absolute Gasteiger partial charge is 0.455 e. The maximum Gasteiger partial charge on any atom is 0.279 e. The van der Waals surface area contributed by atoms with E-state index >= 15 is 0 Å². The molecule has 0 N–H and O–H groups in total. The zero-order valence-corrected chi connectivity index (χ0v) is 8.86. The van der Waals surface area contributed by atoms with E-state index in [9.17, 15) is 8.42 Å². The molecule has 1 aliphatic rings. The van der Waals surface area contributed by atoms with Crippen molar-refractivity contribution in [1.82, 2.24) is 0 Å².